The van der Waals surface area contributed by atoms with Crippen LogP contribution in [0.2, 0.25) is 0 Å². The molecule has 0 bridgehead atoms. The maximum Gasteiger partial charge on any atom is 0.248 e. The largest absolute Gasteiger partial charge is 0.395 e. The number of ether oxygens (including phenoxy) is 1. The molecule has 1 N–H and O–H groups in total. The molecule has 0 saturated heterocycles. The second kappa shape index (κ2) is 7.24. The third-order valence-electron chi connectivity index (χ3n) is 3.29. The van der Waals surface area contributed by atoms with E-state index in [-0.39, 0.29) is 25.4 Å². The molecule has 1 fully saturated rings. The Morgan fingerprint density at radius 1 is 1.41 bits per heavy atom. The predicted molar refractivity (Wildman–Crippen MR) is 62.3 cm³/mol. The van der Waals surface area contributed by atoms with Gasteiger partial charge >= 0.3 is 0 Å². The van der Waals surface area contributed by atoms with Crippen LogP contribution in [-0.4, -0.2) is 55.9 Å². The number of halogens is 2. The van der Waals surface area contributed by atoms with Gasteiger partial charge in [0.2, 0.25) is 5.92 Å². The Labute approximate surface area is 102 Å². The maximum absolute atomic E-state index is 13.3. The molecule has 1 rings (SSSR count). The highest BCUT2D eigenvalue weighted by Crippen LogP contribution is 2.36. The summed E-state index contributed by atoms with van der Waals surface area (Å²) in [5, 5.41) is 8.94. The summed E-state index contributed by atoms with van der Waals surface area (Å²) in [5.74, 6) is -2.45. The van der Waals surface area contributed by atoms with Crippen LogP contribution in [0.1, 0.15) is 25.7 Å². The van der Waals surface area contributed by atoms with Gasteiger partial charge in [-0.15, -0.1) is 0 Å². The summed E-state index contributed by atoms with van der Waals surface area (Å²) in [5.41, 5.74) is 0. The molecule has 1 aliphatic carbocycles. The zero-order valence-corrected chi connectivity index (χ0v) is 10.5. The number of aliphatic hydroxyl groups is 1. The molecule has 5 heteroatoms. The van der Waals surface area contributed by atoms with Gasteiger partial charge in [0.25, 0.3) is 0 Å². The minimum absolute atomic E-state index is 0.0120. The van der Waals surface area contributed by atoms with Crippen LogP contribution in [0, 0.1) is 5.92 Å². The van der Waals surface area contributed by atoms with Gasteiger partial charge in [-0.3, -0.25) is 4.90 Å². The summed E-state index contributed by atoms with van der Waals surface area (Å²) in [4.78, 5) is 2.01. The molecule has 0 aromatic rings. The van der Waals surface area contributed by atoms with Crippen molar-refractivity contribution in [3.05, 3.63) is 0 Å². The summed E-state index contributed by atoms with van der Waals surface area (Å²) in [6.45, 7) is 2.50. The summed E-state index contributed by atoms with van der Waals surface area (Å²) in [6, 6.07) is 0. The van der Waals surface area contributed by atoms with E-state index in [1.54, 1.807) is 7.11 Å². The van der Waals surface area contributed by atoms with E-state index in [0.29, 0.717) is 32.7 Å². The second-order valence-electron chi connectivity index (χ2n) is 4.84. The van der Waals surface area contributed by atoms with Crippen LogP contribution >= 0.6 is 0 Å². The molecule has 1 aliphatic rings. The van der Waals surface area contributed by atoms with Gasteiger partial charge in [0.05, 0.1) is 13.2 Å². The molecule has 3 nitrogen and oxygen atoms in total. The van der Waals surface area contributed by atoms with Crippen molar-refractivity contribution in [1.29, 1.82) is 0 Å². The first-order valence-electron chi connectivity index (χ1n) is 6.27. The number of rotatable bonds is 7. The van der Waals surface area contributed by atoms with Gasteiger partial charge in [-0.05, 0) is 18.8 Å². The molecule has 102 valence electrons. The fourth-order valence-electron chi connectivity index (χ4n) is 2.45. The molecule has 0 aromatic carbocycles. The predicted octanol–water partition coefficient (Wildman–Crippen LogP) is 1.75. The lowest BCUT2D eigenvalue weighted by Gasteiger charge is -2.32. The first kappa shape index (κ1) is 14.8. The average molecular weight is 251 g/mol. The molecular weight excluding hydrogens is 228 g/mol. The molecule has 0 spiro atoms. The van der Waals surface area contributed by atoms with Gasteiger partial charge in [0, 0.05) is 39.6 Å². The molecule has 0 aromatic heterocycles. The smallest absolute Gasteiger partial charge is 0.248 e. The van der Waals surface area contributed by atoms with Gasteiger partial charge in [0.15, 0.2) is 0 Å². The number of aliphatic hydroxyl groups excluding tert-OH is 1. The number of nitrogens with zero attached hydrogens (tertiary/aromatic N) is 1. The van der Waals surface area contributed by atoms with E-state index in [9.17, 15) is 8.78 Å². The minimum atomic E-state index is -2.49. The van der Waals surface area contributed by atoms with E-state index in [0.717, 1.165) is 6.42 Å². The van der Waals surface area contributed by atoms with Crippen molar-refractivity contribution in [3.63, 3.8) is 0 Å². The number of hydrogen-bond acceptors (Lipinski definition) is 3. The SMILES string of the molecule is COCCN(CCO)CC1CCCC(F)(F)C1. The van der Waals surface area contributed by atoms with Gasteiger partial charge in [-0.1, -0.05) is 0 Å². The van der Waals surface area contributed by atoms with Crippen molar-refractivity contribution in [2.45, 2.75) is 31.6 Å². The van der Waals surface area contributed by atoms with Crippen LogP contribution in [0.5, 0.6) is 0 Å². The van der Waals surface area contributed by atoms with Crippen molar-refractivity contribution in [1.82, 2.24) is 4.90 Å². The lowest BCUT2D eigenvalue weighted by atomic mass is 9.86. The molecule has 0 amide bonds. The summed E-state index contributed by atoms with van der Waals surface area (Å²) in [6.07, 6.45) is 1.49. The lowest BCUT2D eigenvalue weighted by Crippen LogP contribution is -2.38. The number of methoxy groups -OCH3 is 1. The van der Waals surface area contributed by atoms with Crippen molar-refractivity contribution in [2.75, 3.05) is 40.0 Å². The Hall–Kier alpha value is -0.260. The number of alkyl halides is 2. The third-order valence-corrected chi connectivity index (χ3v) is 3.29. The molecule has 0 aliphatic heterocycles. The minimum Gasteiger partial charge on any atom is -0.395 e. The van der Waals surface area contributed by atoms with Crippen LogP contribution in [0.4, 0.5) is 8.78 Å². The van der Waals surface area contributed by atoms with Crippen molar-refractivity contribution < 1.29 is 18.6 Å². The monoisotopic (exact) mass is 251 g/mol. The van der Waals surface area contributed by atoms with Crippen LogP contribution in [0.25, 0.3) is 0 Å². The zero-order chi connectivity index (χ0) is 12.7. The number of hydrogen-bond donors (Lipinski definition) is 1. The highest BCUT2D eigenvalue weighted by molar-refractivity contribution is 4.80. The fraction of sp³-hybridized carbons (Fsp3) is 1.00. The Balaban J connectivity index is 2.37. The van der Waals surface area contributed by atoms with Gasteiger partial charge in [-0.25, -0.2) is 8.78 Å². The van der Waals surface area contributed by atoms with E-state index in [4.69, 9.17) is 9.84 Å². The summed E-state index contributed by atoms with van der Waals surface area (Å²) < 4.78 is 31.5. The van der Waals surface area contributed by atoms with Gasteiger partial charge in [-0.2, -0.15) is 0 Å². The Kier molecular flexibility index (Phi) is 6.30. The third kappa shape index (κ3) is 5.75. The van der Waals surface area contributed by atoms with Gasteiger partial charge < -0.3 is 9.84 Å². The van der Waals surface area contributed by atoms with Crippen molar-refractivity contribution in [2.24, 2.45) is 5.92 Å². The Morgan fingerprint density at radius 2 is 2.18 bits per heavy atom. The normalized spacial score (nSPS) is 24.2. The standard InChI is InChI=1S/C12H23F2NO2/c1-17-8-6-15(5-7-16)10-11-3-2-4-12(13,14)9-11/h11,16H,2-10H2,1H3. The molecule has 1 unspecified atom stereocenters. The van der Waals surface area contributed by atoms with Crippen molar-refractivity contribution in [3.8, 4) is 0 Å². The first-order chi connectivity index (χ1) is 8.07. The van der Waals surface area contributed by atoms with Crippen LogP contribution in [0.3, 0.4) is 0 Å². The average Bonchev–Trinajstić information content (AvgIpc) is 2.25. The quantitative estimate of drug-likeness (QED) is 0.748. The van der Waals surface area contributed by atoms with Crippen LogP contribution in [0.15, 0.2) is 0 Å². The molecule has 1 saturated carbocycles. The molecule has 0 radical (unpaired) electrons. The van der Waals surface area contributed by atoms with Gasteiger partial charge in [0.1, 0.15) is 0 Å². The molecule has 0 heterocycles. The van der Waals surface area contributed by atoms with E-state index in [1.165, 1.54) is 0 Å². The Morgan fingerprint density at radius 3 is 2.76 bits per heavy atom. The molecule has 17 heavy (non-hydrogen) atoms. The van der Waals surface area contributed by atoms with E-state index < -0.39 is 5.92 Å². The lowest BCUT2D eigenvalue weighted by molar-refractivity contribution is -0.0578. The van der Waals surface area contributed by atoms with Crippen LogP contribution in [-0.2, 0) is 4.74 Å². The van der Waals surface area contributed by atoms with E-state index in [1.807, 2.05) is 4.90 Å². The Bertz CT molecular complexity index is 215. The second-order valence-corrected chi connectivity index (χ2v) is 4.84. The fourth-order valence-corrected chi connectivity index (χ4v) is 2.45. The molecule has 1 atom stereocenters. The first-order valence-corrected chi connectivity index (χ1v) is 6.27. The van der Waals surface area contributed by atoms with Crippen LogP contribution < -0.4 is 0 Å². The highest BCUT2D eigenvalue weighted by atomic mass is 19.3. The summed E-state index contributed by atoms with van der Waals surface area (Å²) in [7, 11) is 1.62. The van der Waals surface area contributed by atoms with E-state index >= 15 is 0 Å². The van der Waals surface area contributed by atoms with Crippen molar-refractivity contribution >= 4 is 0 Å². The topological polar surface area (TPSA) is 32.7 Å². The summed E-state index contributed by atoms with van der Waals surface area (Å²) >= 11 is 0. The maximum atomic E-state index is 13.3. The molecular formula is C12H23F2NO2. The van der Waals surface area contributed by atoms with E-state index in [2.05, 4.69) is 0 Å². The highest BCUT2D eigenvalue weighted by Gasteiger charge is 2.36. The zero-order valence-electron chi connectivity index (χ0n) is 10.5.